The maximum atomic E-state index is 11.3. The van der Waals surface area contributed by atoms with Crippen LogP contribution in [0.3, 0.4) is 0 Å². The zero-order chi connectivity index (χ0) is 9.97. The maximum absolute atomic E-state index is 11.3. The van der Waals surface area contributed by atoms with Crippen molar-refractivity contribution in [1.29, 1.82) is 0 Å². The summed E-state index contributed by atoms with van der Waals surface area (Å²) in [6.45, 7) is 0.106. The average molecular weight is 213 g/mol. The molecule has 0 radical (unpaired) electrons. The van der Waals surface area contributed by atoms with Crippen LogP contribution in [-0.4, -0.2) is 48.8 Å². The van der Waals surface area contributed by atoms with E-state index < -0.39 is 0 Å². The smallest absolute Gasteiger partial charge is 0.239 e. The largest absolute Gasteiger partial charge is 0.273 e. The number of nitrogens with zero attached hydrogens (tertiary/aromatic N) is 4. The molecule has 0 bridgehead atoms. The van der Waals surface area contributed by atoms with Gasteiger partial charge in [0.15, 0.2) is 5.82 Å². The molecule has 0 aliphatic carbocycles. The van der Waals surface area contributed by atoms with Crippen molar-refractivity contribution >= 4 is 23.6 Å². The van der Waals surface area contributed by atoms with E-state index in [9.17, 15) is 9.59 Å². The molecular formula is C6H7N5O2S. The van der Waals surface area contributed by atoms with Gasteiger partial charge in [0.05, 0.1) is 18.1 Å². The molecule has 1 saturated heterocycles. The lowest BCUT2D eigenvalue weighted by Gasteiger charge is -2.22. The van der Waals surface area contributed by atoms with Gasteiger partial charge in [-0.25, -0.2) is 0 Å². The summed E-state index contributed by atoms with van der Waals surface area (Å²) in [4.78, 5) is 23.8. The molecule has 7 nitrogen and oxygen atoms in total. The number of hydrogen-bond donors (Lipinski definition) is 1. The molecule has 0 unspecified atom stereocenters. The van der Waals surface area contributed by atoms with Crippen LogP contribution in [0.25, 0.3) is 0 Å². The summed E-state index contributed by atoms with van der Waals surface area (Å²) in [7, 11) is 0. The molecule has 1 N–H and O–H groups in total. The maximum Gasteiger partial charge on any atom is 0.239 e. The molecule has 0 aromatic carbocycles. The summed E-state index contributed by atoms with van der Waals surface area (Å²) < 4.78 is 0. The molecule has 1 fully saturated rings. The lowest BCUT2D eigenvalue weighted by molar-refractivity contribution is -0.143. The first kappa shape index (κ1) is 9.13. The van der Waals surface area contributed by atoms with Crippen molar-refractivity contribution < 1.29 is 9.59 Å². The minimum Gasteiger partial charge on any atom is -0.273 e. The third kappa shape index (κ3) is 1.74. The van der Waals surface area contributed by atoms with Crippen LogP contribution in [0.2, 0.25) is 0 Å². The number of aromatic nitrogens is 4. The number of carbonyl (C=O) groups is 2. The number of carbonyl (C=O) groups excluding carboxylic acids is 2. The summed E-state index contributed by atoms with van der Waals surface area (Å²) in [6, 6.07) is 0. The molecule has 0 atom stereocenters. The van der Waals surface area contributed by atoms with Gasteiger partial charge in [-0.2, -0.15) is 5.21 Å². The molecule has 2 heterocycles. The number of nitrogens with one attached hydrogen (secondary N) is 1. The van der Waals surface area contributed by atoms with Gasteiger partial charge in [0, 0.05) is 0 Å². The third-order valence-corrected chi connectivity index (χ3v) is 2.64. The number of amides is 2. The fourth-order valence-electron chi connectivity index (χ4n) is 1.09. The fourth-order valence-corrected chi connectivity index (χ4v) is 1.85. The molecule has 1 aliphatic rings. The second-order valence-electron chi connectivity index (χ2n) is 2.69. The van der Waals surface area contributed by atoms with Gasteiger partial charge >= 0.3 is 0 Å². The SMILES string of the molecule is O=C1CSCC(=O)N1Cc1nn[nH]n1. The zero-order valence-electron chi connectivity index (χ0n) is 7.13. The van der Waals surface area contributed by atoms with Crippen LogP contribution < -0.4 is 0 Å². The standard InChI is InChI=1S/C6H7N5O2S/c12-5-2-14-3-6(13)11(5)1-4-7-9-10-8-4/h1-3H2,(H,7,8,9,10). The molecule has 74 valence electrons. The lowest BCUT2D eigenvalue weighted by atomic mass is 10.4. The molecule has 0 saturated carbocycles. The highest BCUT2D eigenvalue weighted by Gasteiger charge is 2.27. The van der Waals surface area contributed by atoms with Gasteiger partial charge in [-0.1, -0.05) is 5.21 Å². The van der Waals surface area contributed by atoms with E-state index in [0.717, 1.165) is 4.90 Å². The third-order valence-electron chi connectivity index (χ3n) is 1.74. The number of H-pyrrole nitrogens is 1. The van der Waals surface area contributed by atoms with Crippen LogP contribution in [0, 0.1) is 0 Å². The normalized spacial score (nSPS) is 17.6. The van der Waals surface area contributed by atoms with Gasteiger partial charge in [0.2, 0.25) is 11.8 Å². The number of aromatic amines is 1. The Kier molecular flexibility index (Phi) is 2.44. The summed E-state index contributed by atoms with van der Waals surface area (Å²) in [5.41, 5.74) is 0. The number of thioether (sulfide) groups is 1. The number of imide groups is 1. The van der Waals surface area contributed by atoms with E-state index in [4.69, 9.17) is 0 Å². The van der Waals surface area contributed by atoms with E-state index in [0.29, 0.717) is 17.3 Å². The molecule has 1 aliphatic heterocycles. The minimum absolute atomic E-state index is 0.106. The van der Waals surface area contributed by atoms with E-state index in [-0.39, 0.29) is 18.4 Å². The fraction of sp³-hybridized carbons (Fsp3) is 0.500. The molecule has 14 heavy (non-hydrogen) atoms. The van der Waals surface area contributed by atoms with Gasteiger partial charge < -0.3 is 0 Å². The van der Waals surface area contributed by atoms with Crippen molar-refractivity contribution in [3.8, 4) is 0 Å². The van der Waals surface area contributed by atoms with E-state index in [1.165, 1.54) is 11.8 Å². The Morgan fingerprint density at radius 2 is 2.07 bits per heavy atom. The van der Waals surface area contributed by atoms with Crippen molar-refractivity contribution in [2.24, 2.45) is 0 Å². The molecule has 2 rings (SSSR count). The second kappa shape index (κ2) is 3.74. The highest BCUT2D eigenvalue weighted by molar-refractivity contribution is 8.00. The van der Waals surface area contributed by atoms with Gasteiger partial charge in [-0.15, -0.1) is 22.0 Å². The Hall–Kier alpha value is -1.44. The monoisotopic (exact) mass is 213 g/mol. The first-order valence-electron chi connectivity index (χ1n) is 3.90. The predicted octanol–water partition coefficient (Wildman–Crippen LogP) is -1.20. The quantitative estimate of drug-likeness (QED) is 0.620. The molecule has 1 aromatic rings. The highest BCUT2D eigenvalue weighted by atomic mass is 32.2. The van der Waals surface area contributed by atoms with Crippen molar-refractivity contribution in [3.05, 3.63) is 5.82 Å². The number of hydrogen-bond acceptors (Lipinski definition) is 6. The molecule has 2 amide bonds. The van der Waals surface area contributed by atoms with Crippen LogP contribution in [0.5, 0.6) is 0 Å². The summed E-state index contributed by atoms with van der Waals surface area (Å²) >= 11 is 1.32. The first-order chi connectivity index (χ1) is 6.77. The Balaban J connectivity index is 2.08. The molecular weight excluding hydrogens is 206 g/mol. The Labute approximate surface area is 83.2 Å². The predicted molar refractivity (Wildman–Crippen MR) is 47.1 cm³/mol. The summed E-state index contributed by atoms with van der Waals surface area (Å²) in [5, 5.41) is 13.0. The summed E-state index contributed by atoms with van der Waals surface area (Å²) in [5.74, 6) is 0.624. The minimum atomic E-state index is -0.198. The molecule has 8 heteroatoms. The number of tetrazole rings is 1. The molecule has 0 spiro atoms. The van der Waals surface area contributed by atoms with Crippen LogP contribution in [-0.2, 0) is 16.1 Å². The van der Waals surface area contributed by atoms with Gasteiger partial charge in [-0.05, 0) is 0 Å². The van der Waals surface area contributed by atoms with E-state index in [1.54, 1.807) is 0 Å². The van der Waals surface area contributed by atoms with Crippen LogP contribution in [0.4, 0.5) is 0 Å². The first-order valence-corrected chi connectivity index (χ1v) is 5.06. The Bertz CT molecular complexity index is 335. The highest BCUT2D eigenvalue weighted by Crippen LogP contribution is 2.13. The van der Waals surface area contributed by atoms with Gasteiger partial charge in [-0.3, -0.25) is 14.5 Å². The van der Waals surface area contributed by atoms with Crippen molar-refractivity contribution in [3.63, 3.8) is 0 Å². The average Bonchev–Trinajstić information content (AvgIpc) is 2.64. The van der Waals surface area contributed by atoms with Gasteiger partial charge in [0.25, 0.3) is 0 Å². The number of rotatable bonds is 2. The lowest BCUT2D eigenvalue weighted by Crippen LogP contribution is -2.42. The van der Waals surface area contributed by atoms with E-state index in [2.05, 4.69) is 20.6 Å². The van der Waals surface area contributed by atoms with Crippen LogP contribution in [0.1, 0.15) is 5.82 Å². The van der Waals surface area contributed by atoms with Crippen LogP contribution in [0.15, 0.2) is 0 Å². The Morgan fingerprint density at radius 1 is 1.36 bits per heavy atom. The van der Waals surface area contributed by atoms with Crippen molar-refractivity contribution in [2.45, 2.75) is 6.54 Å². The zero-order valence-corrected chi connectivity index (χ0v) is 7.95. The molecule has 1 aromatic heterocycles. The van der Waals surface area contributed by atoms with Gasteiger partial charge in [0.1, 0.15) is 0 Å². The van der Waals surface area contributed by atoms with E-state index in [1.807, 2.05) is 0 Å². The van der Waals surface area contributed by atoms with Crippen molar-refractivity contribution in [2.75, 3.05) is 11.5 Å². The second-order valence-corrected chi connectivity index (χ2v) is 3.68. The topological polar surface area (TPSA) is 91.8 Å². The summed E-state index contributed by atoms with van der Waals surface area (Å²) in [6.07, 6.45) is 0. The Morgan fingerprint density at radius 3 is 2.64 bits per heavy atom. The van der Waals surface area contributed by atoms with E-state index >= 15 is 0 Å². The van der Waals surface area contributed by atoms with Crippen molar-refractivity contribution in [1.82, 2.24) is 25.5 Å². The van der Waals surface area contributed by atoms with Crippen LogP contribution >= 0.6 is 11.8 Å².